The second kappa shape index (κ2) is 4.28. The van der Waals surface area contributed by atoms with Crippen LogP contribution in [0, 0.1) is 5.82 Å². The average Bonchev–Trinajstić information content (AvgIpc) is 3.07. The highest BCUT2D eigenvalue weighted by Gasteiger charge is 2.28. The quantitative estimate of drug-likeness (QED) is 0.805. The summed E-state index contributed by atoms with van der Waals surface area (Å²) < 4.78 is 15.6. The molecular formula is C14H13FN4S. The molecule has 0 bridgehead atoms. The third kappa shape index (κ3) is 1.96. The zero-order valence-electron chi connectivity index (χ0n) is 10.7. The second-order valence-corrected chi connectivity index (χ2v) is 6.01. The molecule has 2 aromatic heterocycles. The van der Waals surface area contributed by atoms with Crippen LogP contribution in [0.1, 0.15) is 30.4 Å². The van der Waals surface area contributed by atoms with Crippen molar-refractivity contribution in [2.24, 2.45) is 0 Å². The smallest absolute Gasteiger partial charge is 0.180 e. The van der Waals surface area contributed by atoms with Gasteiger partial charge in [0, 0.05) is 17.8 Å². The van der Waals surface area contributed by atoms with Gasteiger partial charge in [-0.2, -0.15) is 0 Å². The molecule has 1 saturated carbocycles. The zero-order valence-corrected chi connectivity index (χ0v) is 11.5. The lowest BCUT2D eigenvalue weighted by molar-refractivity contribution is 0.627. The van der Waals surface area contributed by atoms with Crippen LogP contribution < -0.4 is 5.73 Å². The van der Waals surface area contributed by atoms with Crippen molar-refractivity contribution in [1.82, 2.24) is 14.5 Å². The number of anilines is 1. The Labute approximate surface area is 119 Å². The first-order valence-electron chi connectivity index (χ1n) is 6.57. The van der Waals surface area contributed by atoms with Gasteiger partial charge in [0.25, 0.3) is 0 Å². The summed E-state index contributed by atoms with van der Waals surface area (Å²) in [5.41, 5.74) is 8.31. The summed E-state index contributed by atoms with van der Waals surface area (Å²) in [4.78, 5) is 8.92. The van der Waals surface area contributed by atoms with Crippen LogP contribution in [-0.2, 0) is 6.42 Å². The van der Waals surface area contributed by atoms with Crippen molar-refractivity contribution in [3.8, 4) is 0 Å². The molecule has 20 heavy (non-hydrogen) atoms. The number of fused-ring (bicyclic) bond motifs is 1. The van der Waals surface area contributed by atoms with E-state index in [0.29, 0.717) is 17.6 Å². The van der Waals surface area contributed by atoms with Crippen molar-refractivity contribution < 1.29 is 4.39 Å². The van der Waals surface area contributed by atoms with Crippen LogP contribution in [-0.4, -0.2) is 14.5 Å². The van der Waals surface area contributed by atoms with E-state index in [1.54, 1.807) is 12.1 Å². The largest absolute Gasteiger partial charge is 0.375 e. The van der Waals surface area contributed by atoms with Crippen LogP contribution in [0.2, 0.25) is 0 Å². The summed E-state index contributed by atoms with van der Waals surface area (Å²) in [6, 6.07) is 5.21. The number of nitrogen functional groups attached to an aromatic ring is 1. The fourth-order valence-electron chi connectivity index (χ4n) is 2.55. The SMILES string of the molecule is Nc1nc(Cc2nc3ccc(F)cc3n2C2CC2)cs1. The van der Waals surface area contributed by atoms with Gasteiger partial charge in [0.2, 0.25) is 0 Å². The Hall–Kier alpha value is -1.95. The van der Waals surface area contributed by atoms with Gasteiger partial charge in [0.1, 0.15) is 11.6 Å². The van der Waals surface area contributed by atoms with E-state index in [-0.39, 0.29) is 5.82 Å². The van der Waals surface area contributed by atoms with Crippen LogP contribution >= 0.6 is 11.3 Å². The first-order chi connectivity index (χ1) is 9.70. The van der Waals surface area contributed by atoms with Crippen LogP contribution in [0.5, 0.6) is 0 Å². The lowest BCUT2D eigenvalue weighted by atomic mass is 10.3. The van der Waals surface area contributed by atoms with Crippen molar-refractivity contribution in [2.45, 2.75) is 25.3 Å². The number of imidazole rings is 1. The van der Waals surface area contributed by atoms with Gasteiger partial charge in [-0.1, -0.05) is 0 Å². The van der Waals surface area contributed by atoms with Crippen molar-refractivity contribution in [3.05, 3.63) is 40.9 Å². The summed E-state index contributed by atoms with van der Waals surface area (Å²) in [5, 5.41) is 2.52. The van der Waals surface area contributed by atoms with Gasteiger partial charge in [0.05, 0.1) is 16.7 Å². The Morgan fingerprint density at radius 1 is 1.35 bits per heavy atom. The molecule has 0 atom stereocenters. The number of rotatable bonds is 3. The van der Waals surface area contributed by atoms with Gasteiger partial charge in [-0.05, 0) is 31.0 Å². The summed E-state index contributed by atoms with van der Waals surface area (Å²) in [5.74, 6) is 0.724. The topological polar surface area (TPSA) is 56.7 Å². The van der Waals surface area contributed by atoms with Crippen molar-refractivity contribution >= 4 is 27.5 Å². The minimum atomic E-state index is -0.219. The monoisotopic (exact) mass is 288 g/mol. The first kappa shape index (κ1) is 11.8. The lowest BCUT2D eigenvalue weighted by Crippen LogP contribution is -2.03. The normalized spacial score (nSPS) is 15.1. The average molecular weight is 288 g/mol. The highest BCUT2D eigenvalue weighted by molar-refractivity contribution is 7.13. The van der Waals surface area contributed by atoms with Gasteiger partial charge in [-0.25, -0.2) is 14.4 Å². The van der Waals surface area contributed by atoms with E-state index in [0.717, 1.165) is 35.4 Å². The Balaban J connectivity index is 1.83. The van der Waals surface area contributed by atoms with E-state index in [9.17, 15) is 4.39 Å². The first-order valence-corrected chi connectivity index (χ1v) is 7.45. The third-order valence-corrected chi connectivity index (χ3v) is 4.27. The van der Waals surface area contributed by atoms with E-state index in [1.807, 2.05) is 5.38 Å². The van der Waals surface area contributed by atoms with Gasteiger partial charge in [-0.15, -0.1) is 11.3 Å². The molecule has 4 rings (SSSR count). The molecule has 1 aliphatic rings. The molecule has 0 spiro atoms. The standard InChI is InChI=1S/C14H13FN4S/c15-8-1-4-11-12(5-8)19(10-2-3-10)13(18-11)6-9-7-20-14(16)17-9/h1,4-5,7,10H,2-3,6H2,(H2,16,17). The van der Waals surface area contributed by atoms with Crippen LogP contribution in [0.4, 0.5) is 9.52 Å². The Morgan fingerprint density at radius 2 is 2.20 bits per heavy atom. The molecule has 102 valence electrons. The molecule has 1 aliphatic carbocycles. The number of hydrogen-bond donors (Lipinski definition) is 1. The van der Waals surface area contributed by atoms with E-state index in [2.05, 4.69) is 14.5 Å². The maximum atomic E-state index is 13.5. The Morgan fingerprint density at radius 3 is 2.90 bits per heavy atom. The molecule has 2 heterocycles. The van der Waals surface area contributed by atoms with Gasteiger partial charge < -0.3 is 10.3 Å². The highest BCUT2D eigenvalue weighted by atomic mass is 32.1. The third-order valence-electron chi connectivity index (χ3n) is 3.55. The molecule has 0 aliphatic heterocycles. The number of nitrogens with two attached hydrogens (primary N) is 1. The van der Waals surface area contributed by atoms with Crippen LogP contribution in [0.25, 0.3) is 11.0 Å². The number of halogens is 1. The predicted molar refractivity (Wildman–Crippen MR) is 77.3 cm³/mol. The van der Waals surface area contributed by atoms with Crippen molar-refractivity contribution in [1.29, 1.82) is 0 Å². The molecular weight excluding hydrogens is 275 g/mol. The molecule has 1 aromatic carbocycles. The van der Waals surface area contributed by atoms with Crippen LogP contribution in [0.3, 0.4) is 0 Å². The fourth-order valence-corrected chi connectivity index (χ4v) is 3.11. The molecule has 0 saturated heterocycles. The Bertz CT molecular complexity index is 788. The Kier molecular flexibility index (Phi) is 2.53. The number of aromatic nitrogens is 3. The number of hydrogen-bond acceptors (Lipinski definition) is 4. The predicted octanol–water partition coefficient (Wildman–Crippen LogP) is 3.14. The molecule has 2 N–H and O–H groups in total. The van der Waals surface area contributed by atoms with Crippen molar-refractivity contribution in [3.63, 3.8) is 0 Å². The second-order valence-electron chi connectivity index (χ2n) is 5.12. The zero-order chi connectivity index (χ0) is 13.7. The number of benzene rings is 1. The van der Waals surface area contributed by atoms with Gasteiger partial charge in [0.15, 0.2) is 5.13 Å². The summed E-state index contributed by atoms with van der Waals surface area (Å²) in [7, 11) is 0. The lowest BCUT2D eigenvalue weighted by Gasteiger charge is -2.06. The van der Waals surface area contributed by atoms with E-state index in [1.165, 1.54) is 17.4 Å². The van der Waals surface area contributed by atoms with Crippen LogP contribution in [0.15, 0.2) is 23.6 Å². The van der Waals surface area contributed by atoms with Crippen molar-refractivity contribution in [2.75, 3.05) is 5.73 Å². The maximum Gasteiger partial charge on any atom is 0.180 e. The summed E-state index contributed by atoms with van der Waals surface area (Å²) in [6.07, 6.45) is 2.91. The van der Waals surface area contributed by atoms with E-state index in [4.69, 9.17) is 5.73 Å². The minimum Gasteiger partial charge on any atom is -0.375 e. The van der Waals surface area contributed by atoms with Gasteiger partial charge >= 0.3 is 0 Å². The molecule has 0 unspecified atom stereocenters. The fraction of sp³-hybridized carbons (Fsp3) is 0.286. The van der Waals surface area contributed by atoms with Gasteiger partial charge in [-0.3, -0.25) is 0 Å². The molecule has 4 nitrogen and oxygen atoms in total. The summed E-state index contributed by atoms with van der Waals surface area (Å²) in [6.45, 7) is 0. The molecule has 6 heteroatoms. The molecule has 1 fully saturated rings. The molecule has 0 radical (unpaired) electrons. The van der Waals surface area contributed by atoms with E-state index < -0.39 is 0 Å². The molecule has 0 amide bonds. The minimum absolute atomic E-state index is 0.219. The highest BCUT2D eigenvalue weighted by Crippen LogP contribution is 2.39. The van der Waals surface area contributed by atoms with E-state index >= 15 is 0 Å². The molecule has 3 aromatic rings. The number of nitrogens with zero attached hydrogens (tertiary/aromatic N) is 3. The number of thiazole rings is 1. The summed E-state index contributed by atoms with van der Waals surface area (Å²) >= 11 is 1.43. The maximum absolute atomic E-state index is 13.5.